The monoisotopic (exact) mass is 250 g/mol. The third-order valence-electron chi connectivity index (χ3n) is 4.64. The standard InChI is InChI=1S/C13H18N2O3/c1-13(2)12(18)14-10(16)6-15(13)11(17)9-4-7-3-8(7)5-9/h7-9H,3-6H2,1-2H3,(H,14,16,18). The molecule has 3 rings (SSSR count). The quantitative estimate of drug-likeness (QED) is 0.680. The third-order valence-corrected chi connectivity index (χ3v) is 4.64. The largest absolute Gasteiger partial charge is 0.319 e. The fourth-order valence-electron chi connectivity index (χ4n) is 3.27. The summed E-state index contributed by atoms with van der Waals surface area (Å²) in [5.41, 5.74) is -0.919. The maximum atomic E-state index is 12.5. The number of fused-ring (bicyclic) bond motifs is 1. The minimum absolute atomic E-state index is 0.00338. The van der Waals surface area contributed by atoms with Gasteiger partial charge in [-0.1, -0.05) is 0 Å². The van der Waals surface area contributed by atoms with Crippen molar-refractivity contribution in [3.05, 3.63) is 0 Å². The molecule has 3 aliphatic rings. The van der Waals surface area contributed by atoms with Crippen LogP contribution < -0.4 is 5.32 Å². The van der Waals surface area contributed by atoms with Gasteiger partial charge in [-0.25, -0.2) is 0 Å². The highest BCUT2D eigenvalue weighted by Gasteiger charge is 2.52. The van der Waals surface area contributed by atoms with E-state index in [2.05, 4.69) is 5.32 Å². The SMILES string of the molecule is CC1(C)C(=O)NC(=O)CN1C(=O)C1CC2CC2C1. The number of nitrogens with one attached hydrogen (secondary N) is 1. The van der Waals surface area contributed by atoms with Crippen LogP contribution in [0.15, 0.2) is 0 Å². The lowest BCUT2D eigenvalue weighted by molar-refractivity contribution is -0.157. The molecule has 5 heteroatoms. The fraction of sp³-hybridized carbons (Fsp3) is 0.769. The first kappa shape index (κ1) is 11.7. The van der Waals surface area contributed by atoms with Gasteiger partial charge in [0.25, 0.3) is 5.91 Å². The first-order valence-electron chi connectivity index (χ1n) is 6.55. The number of rotatable bonds is 1. The van der Waals surface area contributed by atoms with E-state index in [1.165, 1.54) is 11.3 Å². The minimum atomic E-state index is -0.919. The molecule has 18 heavy (non-hydrogen) atoms. The van der Waals surface area contributed by atoms with Gasteiger partial charge in [0.05, 0.1) is 0 Å². The van der Waals surface area contributed by atoms with Gasteiger partial charge in [-0.2, -0.15) is 0 Å². The molecule has 2 aliphatic carbocycles. The van der Waals surface area contributed by atoms with Crippen LogP contribution in [0.3, 0.4) is 0 Å². The van der Waals surface area contributed by atoms with Crippen molar-refractivity contribution in [3.63, 3.8) is 0 Å². The van der Waals surface area contributed by atoms with Crippen LogP contribution in [0.25, 0.3) is 0 Å². The van der Waals surface area contributed by atoms with Gasteiger partial charge >= 0.3 is 0 Å². The van der Waals surface area contributed by atoms with Crippen molar-refractivity contribution in [2.75, 3.05) is 6.54 Å². The highest BCUT2D eigenvalue weighted by atomic mass is 16.2. The van der Waals surface area contributed by atoms with E-state index in [4.69, 9.17) is 0 Å². The lowest BCUT2D eigenvalue weighted by Crippen LogP contribution is -2.66. The van der Waals surface area contributed by atoms with E-state index in [9.17, 15) is 14.4 Å². The predicted octanol–water partition coefficient (Wildman–Crippen LogP) is 0.296. The molecule has 0 spiro atoms. The summed E-state index contributed by atoms with van der Waals surface area (Å²) < 4.78 is 0. The van der Waals surface area contributed by atoms with Crippen LogP contribution in [0.4, 0.5) is 0 Å². The van der Waals surface area contributed by atoms with Gasteiger partial charge in [-0.3, -0.25) is 19.7 Å². The van der Waals surface area contributed by atoms with Crippen LogP contribution >= 0.6 is 0 Å². The van der Waals surface area contributed by atoms with Crippen molar-refractivity contribution in [1.29, 1.82) is 0 Å². The van der Waals surface area contributed by atoms with Gasteiger partial charge in [0, 0.05) is 5.92 Å². The molecule has 2 atom stereocenters. The molecule has 0 aromatic carbocycles. The molecule has 1 aliphatic heterocycles. The molecular formula is C13H18N2O3. The van der Waals surface area contributed by atoms with Crippen LogP contribution in [0, 0.1) is 17.8 Å². The maximum absolute atomic E-state index is 12.5. The van der Waals surface area contributed by atoms with Gasteiger partial charge in [-0.05, 0) is 44.9 Å². The summed E-state index contributed by atoms with van der Waals surface area (Å²) >= 11 is 0. The Labute approximate surface area is 106 Å². The number of imide groups is 1. The smallest absolute Gasteiger partial charge is 0.252 e. The summed E-state index contributed by atoms with van der Waals surface area (Å²) in [5.74, 6) is 0.681. The Bertz CT molecular complexity index is 434. The van der Waals surface area contributed by atoms with Gasteiger partial charge in [0.2, 0.25) is 11.8 Å². The summed E-state index contributed by atoms with van der Waals surface area (Å²) in [6.45, 7) is 3.40. The topological polar surface area (TPSA) is 66.5 Å². The molecular weight excluding hydrogens is 232 g/mol. The second-order valence-electron chi connectivity index (χ2n) is 6.28. The Kier molecular flexibility index (Phi) is 2.31. The first-order valence-corrected chi connectivity index (χ1v) is 6.55. The number of hydrogen-bond acceptors (Lipinski definition) is 3. The molecule has 5 nitrogen and oxygen atoms in total. The van der Waals surface area contributed by atoms with E-state index >= 15 is 0 Å². The second kappa shape index (κ2) is 3.56. The van der Waals surface area contributed by atoms with Crippen molar-refractivity contribution in [1.82, 2.24) is 10.2 Å². The molecule has 3 amide bonds. The molecule has 1 saturated heterocycles. The molecule has 1 heterocycles. The lowest BCUT2D eigenvalue weighted by Gasteiger charge is -2.41. The van der Waals surface area contributed by atoms with E-state index in [1.807, 2.05) is 0 Å². The molecule has 0 aromatic rings. The number of hydrogen-bond donors (Lipinski definition) is 1. The van der Waals surface area contributed by atoms with E-state index < -0.39 is 5.54 Å². The molecule has 2 unspecified atom stereocenters. The van der Waals surface area contributed by atoms with Crippen molar-refractivity contribution in [3.8, 4) is 0 Å². The Hall–Kier alpha value is -1.39. The van der Waals surface area contributed by atoms with Crippen molar-refractivity contribution >= 4 is 17.7 Å². The maximum Gasteiger partial charge on any atom is 0.252 e. The van der Waals surface area contributed by atoms with Gasteiger partial charge in [-0.15, -0.1) is 0 Å². The fourth-order valence-corrected chi connectivity index (χ4v) is 3.27. The molecule has 2 saturated carbocycles. The predicted molar refractivity (Wildman–Crippen MR) is 63.3 cm³/mol. The van der Waals surface area contributed by atoms with Crippen LogP contribution in [0.1, 0.15) is 33.1 Å². The zero-order chi connectivity index (χ0) is 13.1. The Morgan fingerprint density at radius 3 is 2.44 bits per heavy atom. The van der Waals surface area contributed by atoms with E-state index in [-0.39, 0.29) is 30.2 Å². The average Bonchev–Trinajstić information content (AvgIpc) is 2.90. The van der Waals surface area contributed by atoms with E-state index in [0.717, 1.165) is 24.7 Å². The molecule has 3 fully saturated rings. The van der Waals surface area contributed by atoms with Gasteiger partial charge < -0.3 is 4.90 Å². The normalized spacial score (nSPS) is 37.2. The third kappa shape index (κ3) is 1.64. The molecule has 0 radical (unpaired) electrons. The van der Waals surface area contributed by atoms with Crippen molar-refractivity contribution < 1.29 is 14.4 Å². The van der Waals surface area contributed by atoms with Crippen LogP contribution in [0.2, 0.25) is 0 Å². The Morgan fingerprint density at radius 2 is 1.83 bits per heavy atom. The zero-order valence-corrected chi connectivity index (χ0v) is 10.7. The molecule has 98 valence electrons. The summed E-state index contributed by atoms with van der Waals surface area (Å²) in [4.78, 5) is 37.2. The number of piperazine rings is 1. The number of carbonyl (C=O) groups excluding carboxylic acids is 3. The van der Waals surface area contributed by atoms with Crippen LogP contribution in [-0.4, -0.2) is 34.7 Å². The number of amides is 3. The van der Waals surface area contributed by atoms with Gasteiger partial charge in [0.15, 0.2) is 0 Å². The average molecular weight is 250 g/mol. The van der Waals surface area contributed by atoms with E-state index in [1.54, 1.807) is 13.8 Å². The minimum Gasteiger partial charge on any atom is -0.319 e. The number of carbonyl (C=O) groups is 3. The Morgan fingerprint density at radius 1 is 1.22 bits per heavy atom. The highest BCUT2D eigenvalue weighted by molar-refractivity contribution is 6.06. The summed E-state index contributed by atoms with van der Waals surface area (Å²) in [7, 11) is 0. The Balaban J connectivity index is 1.78. The van der Waals surface area contributed by atoms with Gasteiger partial charge in [0.1, 0.15) is 12.1 Å². The summed E-state index contributed by atoms with van der Waals surface area (Å²) in [6.07, 6.45) is 3.13. The summed E-state index contributed by atoms with van der Waals surface area (Å²) in [5, 5.41) is 2.29. The first-order chi connectivity index (χ1) is 8.39. The van der Waals surface area contributed by atoms with Crippen LogP contribution in [0.5, 0.6) is 0 Å². The second-order valence-corrected chi connectivity index (χ2v) is 6.28. The summed E-state index contributed by atoms with van der Waals surface area (Å²) in [6, 6.07) is 0. The zero-order valence-electron chi connectivity index (χ0n) is 10.7. The molecule has 0 aromatic heterocycles. The number of nitrogens with zero attached hydrogens (tertiary/aromatic N) is 1. The van der Waals surface area contributed by atoms with E-state index in [0.29, 0.717) is 0 Å². The van der Waals surface area contributed by atoms with Crippen LogP contribution in [-0.2, 0) is 14.4 Å². The lowest BCUT2D eigenvalue weighted by atomic mass is 9.94. The van der Waals surface area contributed by atoms with Crippen molar-refractivity contribution in [2.24, 2.45) is 17.8 Å². The molecule has 0 bridgehead atoms. The van der Waals surface area contributed by atoms with Crippen molar-refractivity contribution in [2.45, 2.75) is 38.6 Å². The highest BCUT2D eigenvalue weighted by Crippen LogP contribution is 2.54. The molecule has 1 N–H and O–H groups in total.